The second-order valence-electron chi connectivity index (χ2n) is 7.03. The topological polar surface area (TPSA) is 41.6 Å². The highest BCUT2D eigenvalue weighted by Crippen LogP contribution is 2.51. The fourth-order valence-electron chi connectivity index (χ4n) is 3.23. The van der Waals surface area contributed by atoms with E-state index in [9.17, 15) is 13.6 Å². The number of halogens is 2. The Kier molecular flexibility index (Phi) is 4.17. The number of rotatable bonds is 5. The van der Waals surface area contributed by atoms with Crippen LogP contribution in [0.2, 0.25) is 0 Å². The van der Waals surface area contributed by atoms with E-state index >= 15 is 0 Å². The minimum absolute atomic E-state index is 0.0542. The van der Waals surface area contributed by atoms with Crippen molar-refractivity contribution in [2.24, 2.45) is 11.3 Å². The van der Waals surface area contributed by atoms with E-state index in [2.05, 4.69) is 23.9 Å². The zero-order valence-corrected chi connectivity index (χ0v) is 13.4. The summed E-state index contributed by atoms with van der Waals surface area (Å²) < 4.78 is 29.6. The number of ether oxygens (including phenoxy) is 1. The molecule has 0 spiro atoms. The number of alkyl halides is 2. The highest BCUT2D eigenvalue weighted by atomic mass is 19.3. The Labute approximate surface area is 134 Å². The van der Waals surface area contributed by atoms with Crippen molar-refractivity contribution in [2.75, 3.05) is 18.0 Å². The fourth-order valence-corrected chi connectivity index (χ4v) is 3.23. The maximum absolute atomic E-state index is 12.5. The summed E-state index contributed by atoms with van der Waals surface area (Å²) in [5, 5.41) is 3.09. The van der Waals surface area contributed by atoms with E-state index in [4.69, 9.17) is 0 Å². The molecule has 1 aliphatic heterocycles. The summed E-state index contributed by atoms with van der Waals surface area (Å²) in [5.74, 6) is 0.391. The Balaban J connectivity index is 1.61. The summed E-state index contributed by atoms with van der Waals surface area (Å²) in [6, 6.07) is 6.84. The first kappa shape index (κ1) is 16.0. The third-order valence-corrected chi connectivity index (χ3v) is 4.79. The number of amides is 1. The van der Waals surface area contributed by atoms with Crippen LogP contribution in [0.25, 0.3) is 0 Å². The molecule has 2 atom stereocenters. The molecule has 1 saturated carbocycles. The molecule has 0 radical (unpaired) electrons. The maximum atomic E-state index is 12.5. The Morgan fingerprint density at radius 1 is 1.39 bits per heavy atom. The second kappa shape index (κ2) is 5.98. The van der Waals surface area contributed by atoms with Crippen molar-refractivity contribution < 1.29 is 18.3 Å². The molecular formula is C17H22F2N2O2. The van der Waals surface area contributed by atoms with Gasteiger partial charge in [0.25, 0.3) is 0 Å². The summed E-state index contributed by atoms with van der Waals surface area (Å²) >= 11 is 0. The van der Waals surface area contributed by atoms with Crippen molar-refractivity contribution in [3.63, 3.8) is 0 Å². The molecule has 1 aromatic carbocycles. The number of carbonyl (C=O) groups is 1. The van der Waals surface area contributed by atoms with Crippen LogP contribution in [-0.4, -0.2) is 31.7 Å². The summed E-state index contributed by atoms with van der Waals surface area (Å²) in [5.41, 5.74) is 0.761. The van der Waals surface area contributed by atoms with E-state index in [-0.39, 0.29) is 29.0 Å². The van der Waals surface area contributed by atoms with Crippen LogP contribution in [0.4, 0.5) is 14.5 Å². The molecule has 0 bridgehead atoms. The number of carbonyl (C=O) groups excluding carboxylic acids is 1. The average Bonchev–Trinajstić information content (AvgIpc) is 2.91. The summed E-state index contributed by atoms with van der Waals surface area (Å²) in [4.78, 5) is 14.2. The third-order valence-electron chi connectivity index (χ3n) is 4.79. The van der Waals surface area contributed by atoms with Crippen molar-refractivity contribution in [1.29, 1.82) is 0 Å². The van der Waals surface area contributed by atoms with Crippen molar-refractivity contribution in [1.82, 2.24) is 5.32 Å². The van der Waals surface area contributed by atoms with Gasteiger partial charge in [-0.15, -0.1) is 0 Å². The molecule has 1 aliphatic carbocycles. The Bertz CT molecular complexity index is 592. The molecular weight excluding hydrogens is 302 g/mol. The largest absolute Gasteiger partial charge is 0.433 e. The molecule has 1 aromatic rings. The highest BCUT2D eigenvalue weighted by Gasteiger charge is 2.51. The molecule has 2 fully saturated rings. The number of nitrogens with zero attached hydrogens (tertiary/aromatic N) is 1. The van der Waals surface area contributed by atoms with Crippen LogP contribution >= 0.6 is 0 Å². The molecule has 3 rings (SSSR count). The van der Waals surface area contributed by atoms with E-state index in [1.165, 1.54) is 0 Å². The van der Waals surface area contributed by atoms with Gasteiger partial charge in [0, 0.05) is 25.0 Å². The van der Waals surface area contributed by atoms with Crippen LogP contribution in [0.1, 0.15) is 26.7 Å². The molecule has 1 N–H and O–H groups in total. The quantitative estimate of drug-likeness (QED) is 0.905. The van der Waals surface area contributed by atoms with Gasteiger partial charge in [-0.1, -0.05) is 26.0 Å². The van der Waals surface area contributed by atoms with E-state index in [1.54, 1.807) is 24.3 Å². The molecule has 2 aliphatic rings. The van der Waals surface area contributed by atoms with Gasteiger partial charge in [-0.05, 0) is 30.4 Å². The predicted molar refractivity (Wildman–Crippen MR) is 83.7 cm³/mol. The van der Waals surface area contributed by atoms with Crippen LogP contribution in [0.5, 0.6) is 5.75 Å². The van der Waals surface area contributed by atoms with E-state index in [0.717, 1.165) is 12.8 Å². The van der Waals surface area contributed by atoms with Gasteiger partial charge in [-0.2, -0.15) is 8.78 Å². The van der Waals surface area contributed by atoms with Crippen molar-refractivity contribution in [2.45, 2.75) is 39.3 Å². The molecule has 0 aromatic heterocycles. The molecule has 4 nitrogen and oxygen atoms in total. The van der Waals surface area contributed by atoms with Crippen LogP contribution in [-0.2, 0) is 4.79 Å². The third kappa shape index (κ3) is 3.57. The smallest absolute Gasteiger partial charge is 0.387 e. The lowest BCUT2D eigenvalue weighted by Gasteiger charge is -2.22. The SMILES string of the molecule is CC1(C)CC1C(=O)NC1CCN(c2ccccc2OC(F)F)C1. The Morgan fingerprint density at radius 2 is 2.09 bits per heavy atom. The number of anilines is 1. The standard InChI is InChI=1S/C17H22F2N2O2/c1-17(2)9-12(17)15(22)20-11-7-8-21(10-11)13-5-3-4-6-14(13)23-16(18)19/h3-6,11-12,16H,7-10H2,1-2H3,(H,20,22). The van der Waals surface area contributed by atoms with E-state index in [1.807, 2.05) is 4.90 Å². The minimum atomic E-state index is -2.84. The summed E-state index contributed by atoms with van der Waals surface area (Å²) in [6.07, 6.45) is 1.74. The number of benzene rings is 1. The van der Waals surface area contributed by atoms with Crippen LogP contribution in [0.15, 0.2) is 24.3 Å². The Hall–Kier alpha value is -1.85. The Morgan fingerprint density at radius 3 is 2.74 bits per heavy atom. The number of hydrogen-bond acceptors (Lipinski definition) is 3. The zero-order chi connectivity index (χ0) is 16.6. The summed E-state index contributed by atoms with van der Waals surface area (Å²) in [7, 11) is 0. The summed E-state index contributed by atoms with van der Waals surface area (Å²) in [6.45, 7) is 2.67. The van der Waals surface area contributed by atoms with Gasteiger partial charge in [0.2, 0.25) is 5.91 Å². The lowest BCUT2D eigenvalue weighted by Crippen LogP contribution is -2.38. The van der Waals surface area contributed by atoms with Crippen molar-refractivity contribution in [3.8, 4) is 5.75 Å². The van der Waals surface area contributed by atoms with Gasteiger partial charge in [-0.3, -0.25) is 4.79 Å². The number of nitrogens with one attached hydrogen (secondary N) is 1. The highest BCUT2D eigenvalue weighted by molar-refractivity contribution is 5.82. The molecule has 2 unspecified atom stereocenters. The first-order valence-corrected chi connectivity index (χ1v) is 7.96. The van der Waals surface area contributed by atoms with Gasteiger partial charge >= 0.3 is 6.61 Å². The first-order valence-electron chi connectivity index (χ1n) is 7.96. The second-order valence-corrected chi connectivity index (χ2v) is 7.03. The number of para-hydroxylation sites is 2. The molecule has 1 saturated heterocycles. The van der Waals surface area contributed by atoms with Gasteiger partial charge in [0.05, 0.1) is 5.69 Å². The van der Waals surface area contributed by atoms with Gasteiger partial charge in [-0.25, -0.2) is 0 Å². The average molecular weight is 324 g/mol. The molecule has 1 amide bonds. The lowest BCUT2D eigenvalue weighted by molar-refractivity contribution is -0.123. The maximum Gasteiger partial charge on any atom is 0.387 e. The zero-order valence-electron chi connectivity index (χ0n) is 13.4. The van der Waals surface area contributed by atoms with Gasteiger partial charge in [0.1, 0.15) is 5.75 Å². The van der Waals surface area contributed by atoms with Gasteiger partial charge in [0.15, 0.2) is 0 Å². The van der Waals surface area contributed by atoms with Gasteiger partial charge < -0.3 is 15.0 Å². The molecule has 6 heteroatoms. The molecule has 23 heavy (non-hydrogen) atoms. The fraction of sp³-hybridized carbons (Fsp3) is 0.588. The van der Waals surface area contributed by atoms with E-state index < -0.39 is 6.61 Å². The van der Waals surface area contributed by atoms with Crippen molar-refractivity contribution >= 4 is 11.6 Å². The predicted octanol–water partition coefficient (Wildman–Crippen LogP) is 3.03. The van der Waals surface area contributed by atoms with Crippen LogP contribution in [0.3, 0.4) is 0 Å². The minimum Gasteiger partial charge on any atom is -0.433 e. The molecule has 1 heterocycles. The van der Waals surface area contributed by atoms with Crippen molar-refractivity contribution in [3.05, 3.63) is 24.3 Å². The van der Waals surface area contributed by atoms with Crippen LogP contribution in [0, 0.1) is 11.3 Å². The van der Waals surface area contributed by atoms with Crippen LogP contribution < -0.4 is 15.0 Å². The lowest BCUT2D eigenvalue weighted by atomic mass is 10.1. The molecule has 126 valence electrons. The first-order chi connectivity index (χ1) is 10.9. The normalized spacial score (nSPS) is 25.5. The monoisotopic (exact) mass is 324 g/mol. The number of hydrogen-bond donors (Lipinski definition) is 1. The van der Waals surface area contributed by atoms with E-state index in [0.29, 0.717) is 18.8 Å².